The third-order valence-corrected chi connectivity index (χ3v) is 3.96. The zero-order chi connectivity index (χ0) is 17.1. The fourth-order valence-electron chi connectivity index (χ4n) is 2.75. The van der Waals surface area contributed by atoms with Gasteiger partial charge in [-0.15, -0.1) is 5.10 Å². The summed E-state index contributed by atoms with van der Waals surface area (Å²) < 4.78 is 7.31. The van der Waals surface area contributed by atoms with Crippen molar-refractivity contribution in [1.82, 2.24) is 25.6 Å². The van der Waals surface area contributed by atoms with E-state index in [1.54, 1.807) is 4.68 Å². The molecule has 1 aliphatic rings. The molecule has 2 heterocycles. The van der Waals surface area contributed by atoms with Crippen molar-refractivity contribution in [3.8, 4) is 11.4 Å². The molecule has 1 saturated heterocycles. The third-order valence-electron chi connectivity index (χ3n) is 3.96. The van der Waals surface area contributed by atoms with Gasteiger partial charge in [0.1, 0.15) is 5.75 Å². The molecule has 1 aromatic heterocycles. The van der Waals surface area contributed by atoms with Crippen LogP contribution in [0.25, 0.3) is 5.69 Å². The Kier molecular flexibility index (Phi) is 4.80. The Morgan fingerprint density at radius 2 is 2.12 bits per heavy atom. The molecule has 24 heavy (non-hydrogen) atoms. The highest BCUT2D eigenvalue weighted by Crippen LogP contribution is 2.18. The van der Waals surface area contributed by atoms with E-state index < -0.39 is 0 Å². The molecule has 0 spiro atoms. The summed E-state index contributed by atoms with van der Waals surface area (Å²) in [6.45, 7) is 7.55. The maximum absolute atomic E-state index is 12.4. The molecule has 1 unspecified atom stereocenters. The number of carbonyl (C=O) groups is 1. The summed E-state index contributed by atoms with van der Waals surface area (Å²) >= 11 is 0. The molecule has 1 amide bonds. The Morgan fingerprint density at radius 3 is 2.75 bits per heavy atom. The number of ether oxygens (including phenoxy) is 1. The van der Waals surface area contributed by atoms with Crippen molar-refractivity contribution in [1.29, 1.82) is 0 Å². The number of nitrogens with one attached hydrogen (secondary N) is 2. The minimum Gasteiger partial charge on any atom is -0.491 e. The monoisotopic (exact) mass is 329 g/mol. The van der Waals surface area contributed by atoms with E-state index in [1.165, 1.54) is 0 Å². The molecule has 1 aromatic carbocycles. The van der Waals surface area contributed by atoms with Crippen molar-refractivity contribution in [2.75, 3.05) is 13.1 Å². The van der Waals surface area contributed by atoms with Crippen LogP contribution in [0.5, 0.6) is 5.75 Å². The predicted octanol–water partition coefficient (Wildman–Crippen LogP) is 1.45. The van der Waals surface area contributed by atoms with Crippen molar-refractivity contribution in [3.63, 3.8) is 0 Å². The van der Waals surface area contributed by atoms with E-state index in [1.807, 2.05) is 45.0 Å². The highest BCUT2D eigenvalue weighted by Gasteiger charge is 2.22. The molecule has 2 N–H and O–H groups in total. The van der Waals surface area contributed by atoms with Crippen LogP contribution in [0.15, 0.2) is 24.3 Å². The third kappa shape index (κ3) is 3.56. The number of hydrogen-bond acceptors (Lipinski definition) is 5. The zero-order valence-electron chi connectivity index (χ0n) is 14.2. The molecule has 1 aliphatic heterocycles. The summed E-state index contributed by atoms with van der Waals surface area (Å²) in [6.07, 6.45) is 1.07. The Balaban J connectivity index is 1.75. The van der Waals surface area contributed by atoms with Crippen LogP contribution in [-0.2, 0) is 0 Å². The Morgan fingerprint density at radius 1 is 1.38 bits per heavy atom. The maximum Gasteiger partial charge on any atom is 0.274 e. The molecule has 0 radical (unpaired) electrons. The number of hydrogen-bond donors (Lipinski definition) is 2. The van der Waals surface area contributed by atoms with Gasteiger partial charge in [-0.3, -0.25) is 4.79 Å². The second-order valence-electron chi connectivity index (χ2n) is 6.26. The molecule has 1 fully saturated rings. The Labute approximate surface area is 141 Å². The van der Waals surface area contributed by atoms with Gasteiger partial charge in [-0.25, -0.2) is 4.68 Å². The fourth-order valence-corrected chi connectivity index (χ4v) is 2.75. The fraction of sp³-hybridized carbons (Fsp3) is 0.471. The topological polar surface area (TPSA) is 81.1 Å². The Bertz CT molecular complexity index is 702. The van der Waals surface area contributed by atoms with Crippen LogP contribution >= 0.6 is 0 Å². The normalized spacial score (nSPS) is 17.2. The molecule has 0 aliphatic carbocycles. The molecule has 1 atom stereocenters. The highest BCUT2D eigenvalue weighted by molar-refractivity contribution is 5.93. The van der Waals surface area contributed by atoms with E-state index in [9.17, 15) is 4.79 Å². The number of benzene rings is 1. The number of aromatic nitrogens is 3. The quantitative estimate of drug-likeness (QED) is 0.868. The summed E-state index contributed by atoms with van der Waals surface area (Å²) in [4.78, 5) is 12.4. The van der Waals surface area contributed by atoms with Gasteiger partial charge in [0, 0.05) is 12.6 Å². The second kappa shape index (κ2) is 7.00. The Hall–Kier alpha value is -2.41. The van der Waals surface area contributed by atoms with Crippen LogP contribution < -0.4 is 15.4 Å². The lowest BCUT2D eigenvalue weighted by molar-refractivity contribution is 0.0934. The van der Waals surface area contributed by atoms with Gasteiger partial charge >= 0.3 is 0 Å². The van der Waals surface area contributed by atoms with E-state index >= 15 is 0 Å². The van der Waals surface area contributed by atoms with Gasteiger partial charge in [0.25, 0.3) is 5.91 Å². The number of nitrogens with zero attached hydrogens (tertiary/aromatic N) is 3. The molecule has 0 saturated carbocycles. The average Bonchev–Trinajstić information content (AvgIpc) is 3.17. The minimum atomic E-state index is -0.174. The molecule has 3 rings (SSSR count). The van der Waals surface area contributed by atoms with Crippen LogP contribution in [0.1, 0.15) is 36.5 Å². The first kappa shape index (κ1) is 16.4. The summed E-state index contributed by atoms with van der Waals surface area (Å²) in [5.41, 5.74) is 1.93. The summed E-state index contributed by atoms with van der Waals surface area (Å²) in [7, 11) is 0. The van der Waals surface area contributed by atoms with Crippen molar-refractivity contribution in [3.05, 3.63) is 35.7 Å². The van der Waals surface area contributed by atoms with Crippen molar-refractivity contribution in [2.24, 2.45) is 0 Å². The van der Waals surface area contributed by atoms with Gasteiger partial charge < -0.3 is 15.4 Å². The van der Waals surface area contributed by atoms with E-state index in [2.05, 4.69) is 20.9 Å². The van der Waals surface area contributed by atoms with Gasteiger partial charge in [0.2, 0.25) is 0 Å². The number of carbonyl (C=O) groups excluding carboxylic acids is 1. The van der Waals surface area contributed by atoms with Crippen molar-refractivity contribution >= 4 is 5.91 Å². The summed E-state index contributed by atoms with van der Waals surface area (Å²) in [5, 5.41) is 14.4. The van der Waals surface area contributed by atoms with Crippen molar-refractivity contribution < 1.29 is 9.53 Å². The number of rotatable bonds is 5. The largest absolute Gasteiger partial charge is 0.491 e. The first-order chi connectivity index (χ1) is 11.5. The van der Waals surface area contributed by atoms with Crippen LogP contribution in [0.2, 0.25) is 0 Å². The SMILES string of the molecule is Cc1c(C(=O)NC2CCNC2)nnn1-c1ccc(OC(C)C)cc1. The van der Waals surface area contributed by atoms with Gasteiger partial charge in [0.05, 0.1) is 17.5 Å². The zero-order valence-corrected chi connectivity index (χ0v) is 14.2. The minimum absolute atomic E-state index is 0.129. The van der Waals surface area contributed by atoms with Gasteiger partial charge in [-0.1, -0.05) is 5.21 Å². The van der Waals surface area contributed by atoms with E-state index in [4.69, 9.17) is 4.74 Å². The van der Waals surface area contributed by atoms with Crippen molar-refractivity contribution in [2.45, 2.75) is 39.3 Å². The molecular weight excluding hydrogens is 306 g/mol. The molecule has 0 bridgehead atoms. The molecular formula is C17H23N5O2. The molecule has 2 aromatic rings. The predicted molar refractivity (Wildman–Crippen MR) is 90.6 cm³/mol. The van der Waals surface area contributed by atoms with E-state index in [0.29, 0.717) is 5.69 Å². The van der Waals surface area contributed by atoms with Crippen LogP contribution in [0, 0.1) is 6.92 Å². The lowest BCUT2D eigenvalue weighted by Gasteiger charge is -2.11. The first-order valence-electron chi connectivity index (χ1n) is 8.25. The molecule has 7 nitrogen and oxygen atoms in total. The lowest BCUT2D eigenvalue weighted by atomic mass is 10.2. The average molecular weight is 329 g/mol. The highest BCUT2D eigenvalue weighted by atomic mass is 16.5. The summed E-state index contributed by atoms with van der Waals surface area (Å²) in [6, 6.07) is 7.75. The molecule has 7 heteroatoms. The second-order valence-corrected chi connectivity index (χ2v) is 6.26. The van der Waals surface area contributed by atoms with Crippen LogP contribution in [-0.4, -0.2) is 46.1 Å². The maximum atomic E-state index is 12.4. The van der Waals surface area contributed by atoms with Crippen LogP contribution in [0.3, 0.4) is 0 Å². The number of amides is 1. The standard InChI is InChI=1S/C17H23N5O2/c1-11(2)24-15-6-4-14(5-7-15)22-12(3)16(20-21-22)17(23)19-13-8-9-18-10-13/h4-7,11,13,18H,8-10H2,1-3H3,(H,19,23). The molecule has 128 valence electrons. The smallest absolute Gasteiger partial charge is 0.274 e. The van der Waals surface area contributed by atoms with Crippen LogP contribution in [0.4, 0.5) is 0 Å². The first-order valence-corrected chi connectivity index (χ1v) is 8.25. The van der Waals surface area contributed by atoms with E-state index in [0.717, 1.165) is 36.6 Å². The van der Waals surface area contributed by atoms with Gasteiger partial charge in [0.15, 0.2) is 5.69 Å². The van der Waals surface area contributed by atoms with E-state index in [-0.39, 0.29) is 18.1 Å². The van der Waals surface area contributed by atoms with Gasteiger partial charge in [-0.05, 0) is 58.0 Å². The van der Waals surface area contributed by atoms with Gasteiger partial charge in [-0.2, -0.15) is 0 Å². The summed E-state index contributed by atoms with van der Waals surface area (Å²) in [5.74, 6) is 0.630. The lowest BCUT2D eigenvalue weighted by Crippen LogP contribution is -2.36.